The summed E-state index contributed by atoms with van der Waals surface area (Å²) in [6.45, 7) is 1.11. The quantitative estimate of drug-likeness (QED) is 0.754. The van der Waals surface area contributed by atoms with E-state index in [1.54, 1.807) is 6.26 Å². The summed E-state index contributed by atoms with van der Waals surface area (Å²) in [5.74, 6) is 1.03. The zero-order valence-corrected chi connectivity index (χ0v) is 7.02. The van der Waals surface area contributed by atoms with Crippen molar-refractivity contribution in [2.24, 2.45) is 0 Å². The van der Waals surface area contributed by atoms with Gasteiger partial charge in [-0.1, -0.05) is 0 Å². The zero-order valence-electron chi connectivity index (χ0n) is 5.43. The molecule has 1 unspecified atom stereocenters. The molecule has 2 nitrogen and oxygen atoms in total. The van der Waals surface area contributed by atoms with Crippen LogP contribution in [0.3, 0.4) is 0 Å². The molecule has 1 aromatic heterocycles. The molecule has 1 atom stereocenters. The Labute approximate surface area is 67.7 Å². The van der Waals surface area contributed by atoms with Gasteiger partial charge in [0.2, 0.25) is 0 Å². The first-order valence-corrected chi connectivity index (χ1v) is 4.13. The smallest absolute Gasteiger partial charge is 0.134 e. The molecule has 0 saturated carbocycles. The van der Waals surface area contributed by atoms with Crippen molar-refractivity contribution in [2.75, 3.05) is 6.54 Å². The minimum atomic E-state index is 0.448. The van der Waals surface area contributed by atoms with E-state index in [0.717, 1.165) is 16.8 Å². The minimum Gasteiger partial charge on any atom is -0.466 e. The highest BCUT2D eigenvalue weighted by atomic mass is 79.9. The van der Waals surface area contributed by atoms with Crippen molar-refractivity contribution in [3.05, 3.63) is 22.6 Å². The third kappa shape index (κ3) is 0.896. The molecule has 54 valence electrons. The van der Waals surface area contributed by atoms with Crippen LogP contribution in [0.2, 0.25) is 0 Å². The predicted molar refractivity (Wildman–Crippen MR) is 41.8 cm³/mol. The minimum absolute atomic E-state index is 0.448. The van der Waals surface area contributed by atoms with Crippen molar-refractivity contribution in [3.8, 4) is 0 Å². The van der Waals surface area contributed by atoms with Gasteiger partial charge in [-0.3, -0.25) is 0 Å². The molecule has 10 heavy (non-hydrogen) atoms. The second kappa shape index (κ2) is 2.40. The number of hydrogen-bond acceptors (Lipinski definition) is 2. The van der Waals surface area contributed by atoms with E-state index in [0.29, 0.717) is 6.04 Å². The summed E-state index contributed by atoms with van der Waals surface area (Å²) in [4.78, 5) is 0. The summed E-state index contributed by atoms with van der Waals surface area (Å²) in [5.41, 5.74) is 0. The molecule has 1 aromatic rings. The molecule has 0 aromatic carbocycles. The molecule has 0 bridgehead atoms. The van der Waals surface area contributed by atoms with Crippen molar-refractivity contribution in [1.29, 1.82) is 0 Å². The molecule has 1 saturated heterocycles. The van der Waals surface area contributed by atoms with Gasteiger partial charge in [-0.25, -0.2) is 0 Å². The highest BCUT2D eigenvalue weighted by Crippen LogP contribution is 2.29. The van der Waals surface area contributed by atoms with E-state index < -0.39 is 0 Å². The SMILES string of the molecule is Brc1ccoc1C1CCN1. The van der Waals surface area contributed by atoms with E-state index in [4.69, 9.17) is 4.42 Å². The maximum absolute atomic E-state index is 5.26. The van der Waals surface area contributed by atoms with E-state index in [2.05, 4.69) is 21.2 Å². The third-order valence-electron chi connectivity index (χ3n) is 1.79. The van der Waals surface area contributed by atoms with Crippen molar-refractivity contribution < 1.29 is 4.42 Å². The van der Waals surface area contributed by atoms with E-state index in [9.17, 15) is 0 Å². The molecule has 3 heteroatoms. The molecular formula is C7H8BrNO. The second-order valence-corrected chi connectivity index (χ2v) is 3.28. The Morgan fingerprint density at radius 2 is 2.50 bits per heavy atom. The number of nitrogens with one attached hydrogen (secondary N) is 1. The molecule has 1 N–H and O–H groups in total. The van der Waals surface area contributed by atoms with E-state index in [-0.39, 0.29) is 0 Å². The van der Waals surface area contributed by atoms with Crippen molar-refractivity contribution in [2.45, 2.75) is 12.5 Å². The first kappa shape index (κ1) is 6.43. The van der Waals surface area contributed by atoms with E-state index in [1.807, 2.05) is 6.07 Å². The maximum atomic E-state index is 5.26. The van der Waals surface area contributed by atoms with Gasteiger partial charge in [-0.2, -0.15) is 0 Å². The Bertz CT molecular complexity index is 229. The first-order valence-electron chi connectivity index (χ1n) is 3.34. The van der Waals surface area contributed by atoms with E-state index in [1.165, 1.54) is 6.42 Å². The summed E-state index contributed by atoms with van der Waals surface area (Å²) in [6, 6.07) is 2.37. The van der Waals surface area contributed by atoms with Crippen LogP contribution in [0.4, 0.5) is 0 Å². The second-order valence-electron chi connectivity index (χ2n) is 2.43. The number of halogens is 1. The van der Waals surface area contributed by atoms with Crippen LogP contribution in [0, 0.1) is 0 Å². The van der Waals surface area contributed by atoms with Crippen molar-refractivity contribution in [3.63, 3.8) is 0 Å². The van der Waals surface area contributed by atoms with Crippen LogP contribution >= 0.6 is 15.9 Å². The van der Waals surface area contributed by atoms with Gasteiger partial charge in [0, 0.05) is 0 Å². The lowest BCUT2D eigenvalue weighted by Crippen LogP contribution is -2.34. The lowest BCUT2D eigenvalue weighted by Gasteiger charge is -2.25. The topological polar surface area (TPSA) is 25.2 Å². The Morgan fingerprint density at radius 1 is 1.70 bits per heavy atom. The van der Waals surface area contributed by atoms with E-state index >= 15 is 0 Å². The Morgan fingerprint density at radius 3 is 2.90 bits per heavy atom. The van der Waals surface area contributed by atoms with Gasteiger partial charge < -0.3 is 9.73 Å². The average Bonchev–Trinajstić information content (AvgIpc) is 2.12. The summed E-state index contributed by atoms with van der Waals surface area (Å²) in [6.07, 6.45) is 2.89. The normalized spacial score (nSPS) is 24.3. The Hall–Kier alpha value is -0.280. The number of furan rings is 1. The maximum Gasteiger partial charge on any atom is 0.134 e. The summed E-state index contributed by atoms with van der Waals surface area (Å²) >= 11 is 3.41. The first-order chi connectivity index (χ1) is 4.88. The molecule has 2 rings (SSSR count). The Balaban J connectivity index is 2.23. The molecule has 0 radical (unpaired) electrons. The highest BCUT2D eigenvalue weighted by Gasteiger charge is 2.23. The van der Waals surface area contributed by atoms with Gasteiger partial charge in [0.1, 0.15) is 5.76 Å². The molecule has 1 aliphatic rings. The fourth-order valence-electron chi connectivity index (χ4n) is 1.07. The van der Waals surface area contributed by atoms with Crippen molar-refractivity contribution >= 4 is 15.9 Å². The highest BCUT2D eigenvalue weighted by molar-refractivity contribution is 9.10. The van der Waals surface area contributed by atoms with Gasteiger partial charge in [-0.05, 0) is 35.0 Å². The van der Waals surface area contributed by atoms with Gasteiger partial charge in [0.15, 0.2) is 0 Å². The standard InChI is InChI=1S/C7H8BrNO/c8-5-2-4-10-7(5)6-1-3-9-6/h2,4,6,9H,1,3H2. The van der Waals surface area contributed by atoms with Crippen LogP contribution < -0.4 is 5.32 Å². The lowest BCUT2D eigenvalue weighted by atomic mass is 10.1. The fraction of sp³-hybridized carbons (Fsp3) is 0.429. The summed E-state index contributed by atoms with van der Waals surface area (Å²) < 4.78 is 6.33. The molecule has 0 aliphatic carbocycles. The molecule has 0 amide bonds. The van der Waals surface area contributed by atoms with Crippen LogP contribution in [0.5, 0.6) is 0 Å². The fourth-order valence-corrected chi connectivity index (χ4v) is 1.54. The monoisotopic (exact) mass is 201 g/mol. The number of rotatable bonds is 1. The van der Waals surface area contributed by atoms with Gasteiger partial charge >= 0.3 is 0 Å². The average molecular weight is 202 g/mol. The third-order valence-corrected chi connectivity index (χ3v) is 2.44. The predicted octanol–water partition coefficient (Wildman–Crippen LogP) is 2.08. The van der Waals surface area contributed by atoms with Gasteiger partial charge in [-0.15, -0.1) is 0 Å². The van der Waals surface area contributed by atoms with Crippen LogP contribution in [-0.2, 0) is 0 Å². The largest absolute Gasteiger partial charge is 0.466 e. The number of hydrogen-bond donors (Lipinski definition) is 1. The molecule has 1 aliphatic heterocycles. The molecular weight excluding hydrogens is 194 g/mol. The molecule has 0 spiro atoms. The van der Waals surface area contributed by atoms with Gasteiger partial charge in [0.05, 0.1) is 16.8 Å². The van der Waals surface area contributed by atoms with Crippen LogP contribution in [0.1, 0.15) is 18.2 Å². The van der Waals surface area contributed by atoms with Crippen LogP contribution in [-0.4, -0.2) is 6.54 Å². The Kier molecular flexibility index (Phi) is 1.54. The molecule has 1 fully saturated rings. The van der Waals surface area contributed by atoms with Crippen LogP contribution in [0.25, 0.3) is 0 Å². The summed E-state index contributed by atoms with van der Waals surface area (Å²) in [7, 11) is 0. The summed E-state index contributed by atoms with van der Waals surface area (Å²) in [5, 5.41) is 3.26. The van der Waals surface area contributed by atoms with Gasteiger partial charge in [0.25, 0.3) is 0 Å². The van der Waals surface area contributed by atoms with Crippen molar-refractivity contribution in [1.82, 2.24) is 5.32 Å². The lowest BCUT2D eigenvalue weighted by molar-refractivity contribution is 0.318. The zero-order chi connectivity index (χ0) is 6.97. The van der Waals surface area contributed by atoms with Crippen LogP contribution in [0.15, 0.2) is 21.2 Å². The molecule has 2 heterocycles.